The van der Waals surface area contributed by atoms with Gasteiger partial charge >= 0.3 is 0 Å². The van der Waals surface area contributed by atoms with E-state index in [2.05, 4.69) is 45.4 Å². The fourth-order valence-electron chi connectivity index (χ4n) is 3.25. The van der Waals surface area contributed by atoms with Gasteiger partial charge in [0.2, 0.25) is 0 Å². The zero-order chi connectivity index (χ0) is 12.9. The van der Waals surface area contributed by atoms with Gasteiger partial charge in [-0.1, -0.05) is 30.3 Å². The Balaban J connectivity index is 0.00000110. The lowest BCUT2D eigenvalue weighted by Gasteiger charge is -2.29. The first-order valence-corrected chi connectivity index (χ1v) is 7.62. The van der Waals surface area contributed by atoms with Gasteiger partial charge in [-0.2, -0.15) is 0 Å². The zero-order valence-electron chi connectivity index (χ0n) is 12.5. The van der Waals surface area contributed by atoms with Gasteiger partial charge in [0.25, 0.3) is 0 Å². The molecule has 0 amide bonds. The van der Waals surface area contributed by atoms with Crippen molar-refractivity contribution in [3.8, 4) is 0 Å². The Labute approximate surface area is 140 Å². The Hall–Kier alpha value is -0.320. The van der Waals surface area contributed by atoms with Crippen LogP contribution in [0, 0.1) is 0 Å². The van der Waals surface area contributed by atoms with Crippen molar-refractivity contribution < 1.29 is 0 Å². The topological polar surface area (TPSA) is 18.5 Å². The van der Waals surface area contributed by atoms with Gasteiger partial charge in [-0.25, -0.2) is 0 Å². The summed E-state index contributed by atoms with van der Waals surface area (Å²) < 4.78 is 0. The highest BCUT2D eigenvalue weighted by Gasteiger charge is 2.23. The number of benzene rings is 1. The van der Waals surface area contributed by atoms with Crippen LogP contribution in [0.15, 0.2) is 30.3 Å². The standard InChI is InChI=1S/C16H25N3.2ClH/c1-2-4-15(5-3-1)16-6-9-19(14-16)13-12-18-10-7-17-8-11-18;;/h1-5,16-17H,6-14H2;2*1H. The minimum atomic E-state index is 0. The lowest BCUT2D eigenvalue weighted by atomic mass is 9.99. The van der Waals surface area contributed by atoms with E-state index in [0.717, 1.165) is 19.0 Å². The summed E-state index contributed by atoms with van der Waals surface area (Å²) in [6, 6.07) is 11.0. The van der Waals surface area contributed by atoms with Gasteiger partial charge in [-0.3, -0.25) is 4.90 Å². The number of hydrogen-bond acceptors (Lipinski definition) is 3. The monoisotopic (exact) mass is 331 g/mol. The van der Waals surface area contributed by atoms with E-state index < -0.39 is 0 Å². The molecule has 0 spiro atoms. The van der Waals surface area contributed by atoms with Crippen LogP contribution < -0.4 is 5.32 Å². The molecular formula is C16H27Cl2N3. The van der Waals surface area contributed by atoms with E-state index >= 15 is 0 Å². The molecule has 0 bridgehead atoms. The largest absolute Gasteiger partial charge is 0.314 e. The van der Waals surface area contributed by atoms with Gasteiger partial charge < -0.3 is 10.2 Å². The second kappa shape index (κ2) is 9.65. The molecule has 0 radical (unpaired) electrons. The number of nitrogens with zero attached hydrogens (tertiary/aromatic N) is 2. The first kappa shape index (κ1) is 18.7. The molecule has 1 unspecified atom stereocenters. The van der Waals surface area contributed by atoms with E-state index in [1.54, 1.807) is 0 Å². The molecule has 0 aliphatic carbocycles. The van der Waals surface area contributed by atoms with Crippen LogP contribution in [0.4, 0.5) is 0 Å². The van der Waals surface area contributed by atoms with Gasteiger partial charge in [0.1, 0.15) is 0 Å². The maximum absolute atomic E-state index is 3.42. The predicted octanol–water partition coefficient (Wildman–Crippen LogP) is 2.22. The minimum Gasteiger partial charge on any atom is -0.314 e. The molecule has 5 heteroatoms. The van der Waals surface area contributed by atoms with E-state index in [1.807, 2.05) is 0 Å². The second-order valence-electron chi connectivity index (χ2n) is 5.79. The van der Waals surface area contributed by atoms with Gasteiger partial charge in [0.05, 0.1) is 0 Å². The van der Waals surface area contributed by atoms with Crippen LogP contribution in [0.1, 0.15) is 17.9 Å². The van der Waals surface area contributed by atoms with E-state index in [0.29, 0.717) is 0 Å². The molecule has 3 rings (SSSR count). The molecule has 0 saturated carbocycles. The molecule has 3 nitrogen and oxygen atoms in total. The molecule has 2 fully saturated rings. The van der Waals surface area contributed by atoms with Gasteiger partial charge in [-0.15, -0.1) is 24.8 Å². The highest BCUT2D eigenvalue weighted by molar-refractivity contribution is 5.85. The van der Waals surface area contributed by atoms with Crippen molar-refractivity contribution in [2.45, 2.75) is 12.3 Å². The van der Waals surface area contributed by atoms with Crippen LogP contribution in [0.5, 0.6) is 0 Å². The Morgan fingerprint density at radius 3 is 2.29 bits per heavy atom. The molecule has 1 atom stereocenters. The number of rotatable bonds is 4. The maximum Gasteiger partial charge on any atom is 0.0110 e. The highest BCUT2D eigenvalue weighted by atomic mass is 35.5. The molecule has 2 heterocycles. The normalized spacial score (nSPS) is 23.3. The summed E-state index contributed by atoms with van der Waals surface area (Å²) in [4.78, 5) is 5.23. The van der Waals surface area contributed by atoms with E-state index in [4.69, 9.17) is 0 Å². The Kier molecular flexibility index (Phi) is 8.60. The lowest BCUT2D eigenvalue weighted by molar-refractivity contribution is 0.204. The first-order chi connectivity index (χ1) is 9.42. The maximum atomic E-state index is 3.42. The van der Waals surface area contributed by atoms with Gasteiger partial charge in [0.15, 0.2) is 0 Å². The Morgan fingerprint density at radius 2 is 1.57 bits per heavy atom. The summed E-state index contributed by atoms with van der Waals surface area (Å²) in [6.45, 7) is 9.75. The Morgan fingerprint density at radius 1 is 0.905 bits per heavy atom. The summed E-state index contributed by atoms with van der Waals surface area (Å²) in [7, 11) is 0. The molecule has 1 aromatic rings. The van der Waals surface area contributed by atoms with Crippen molar-refractivity contribution in [3.05, 3.63) is 35.9 Å². The van der Waals surface area contributed by atoms with Gasteiger partial charge in [0, 0.05) is 45.8 Å². The van der Waals surface area contributed by atoms with Crippen LogP contribution in [0.25, 0.3) is 0 Å². The molecule has 120 valence electrons. The second-order valence-corrected chi connectivity index (χ2v) is 5.79. The molecule has 1 N–H and O–H groups in total. The van der Waals surface area contributed by atoms with Crippen LogP contribution in [-0.4, -0.2) is 62.2 Å². The van der Waals surface area contributed by atoms with Crippen molar-refractivity contribution in [2.24, 2.45) is 0 Å². The number of hydrogen-bond donors (Lipinski definition) is 1. The minimum absolute atomic E-state index is 0. The van der Waals surface area contributed by atoms with Crippen LogP contribution in [0.3, 0.4) is 0 Å². The fraction of sp³-hybridized carbons (Fsp3) is 0.625. The van der Waals surface area contributed by atoms with Crippen LogP contribution >= 0.6 is 24.8 Å². The third-order valence-electron chi connectivity index (χ3n) is 4.49. The van der Waals surface area contributed by atoms with E-state index in [1.165, 1.54) is 51.3 Å². The fourth-order valence-corrected chi connectivity index (χ4v) is 3.25. The molecule has 2 aliphatic heterocycles. The predicted molar refractivity (Wildman–Crippen MR) is 94.0 cm³/mol. The van der Waals surface area contributed by atoms with Crippen molar-refractivity contribution in [1.82, 2.24) is 15.1 Å². The van der Waals surface area contributed by atoms with Crippen molar-refractivity contribution in [1.29, 1.82) is 0 Å². The number of nitrogens with one attached hydrogen (secondary N) is 1. The summed E-state index contributed by atoms with van der Waals surface area (Å²) in [5, 5.41) is 3.42. The zero-order valence-corrected chi connectivity index (χ0v) is 14.2. The third-order valence-corrected chi connectivity index (χ3v) is 4.49. The molecule has 0 aromatic heterocycles. The van der Waals surface area contributed by atoms with E-state index in [-0.39, 0.29) is 24.8 Å². The third kappa shape index (κ3) is 5.42. The van der Waals surface area contributed by atoms with Crippen molar-refractivity contribution in [2.75, 3.05) is 52.4 Å². The molecule has 1 aromatic carbocycles. The van der Waals surface area contributed by atoms with Gasteiger partial charge in [-0.05, 0) is 24.4 Å². The average molecular weight is 332 g/mol. The number of halogens is 2. The summed E-state index contributed by atoms with van der Waals surface area (Å²) in [6.07, 6.45) is 1.32. The quantitative estimate of drug-likeness (QED) is 0.912. The highest BCUT2D eigenvalue weighted by Crippen LogP contribution is 2.26. The first-order valence-electron chi connectivity index (χ1n) is 7.62. The summed E-state index contributed by atoms with van der Waals surface area (Å²) >= 11 is 0. The Bertz CT molecular complexity index is 382. The molecule has 2 saturated heterocycles. The van der Waals surface area contributed by atoms with Crippen molar-refractivity contribution in [3.63, 3.8) is 0 Å². The molecule has 2 aliphatic rings. The van der Waals surface area contributed by atoms with Crippen LogP contribution in [0.2, 0.25) is 0 Å². The van der Waals surface area contributed by atoms with E-state index in [9.17, 15) is 0 Å². The average Bonchev–Trinajstić information content (AvgIpc) is 2.96. The number of piperazine rings is 1. The number of likely N-dealkylation sites (tertiary alicyclic amines) is 1. The van der Waals surface area contributed by atoms with Crippen LogP contribution in [-0.2, 0) is 0 Å². The smallest absolute Gasteiger partial charge is 0.0110 e. The van der Waals surface area contributed by atoms with Crippen molar-refractivity contribution >= 4 is 24.8 Å². The molecule has 21 heavy (non-hydrogen) atoms. The lowest BCUT2D eigenvalue weighted by Crippen LogP contribution is -2.46. The summed E-state index contributed by atoms with van der Waals surface area (Å²) in [5.41, 5.74) is 1.52. The molecular weight excluding hydrogens is 305 g/mol. The SMILES string of the molecule is Cl.Cl.c1ccc(C2CCN(CCN3CCNCC3)C2)cc1. The summed E-state index contributed by atoms with van der Waals surface area (Å²) in [5.74, 6) is 0.754.